The van der Waals surface area contributed by atoms with E-state index >= 15 is 0 Å². The molecular formula is C26H19NO4. The van der Waals surface area contributed by atoms with E-state index in [1.54, 1.807) is 60.7 Å². The maximum Gasteiger partial charge on any atom is 0.340 e. The van der Waals surface area contributed by atoms with Crippen LogP contribution < -0.4 is 5.32 Å². The molecule has 0 saturated carbocycles. The van der Waals surface area contributed by atoms with Crippen LogP contribution in [0.25, 0.3) is 10.8 Å². The van der Waals surface area contributed by atoms with E-state index in [0.29, 0.717) is 16.8 Å². The number of rotatable bonds is 6. The van der Waals surface area contributed by atoms with Crippen molar-refractivity contribution in [2.45, 2.75) is 0 Å². The number of hydrogen-bond acceptors (Lipinski definition) is 4. The van der Waals surface area contributed by atoms with Gasteiger partial charge in [-0.1, -0.05) is 66.7 Å². The molecule has 0 aliphatic heterocycles. The number of nitrogens with one attached hydrogen (secondary N) is 1. The van der Waals surface area contributed by atoms with Gasteiger partial charge in [-0.2, -0.15) is 0 Å². The number of ether oxygens (including phenoxy) is 1. The zero-order valence-corrected chi connectivity index (χ0v) is 16.6. The van der Waals surface area contributed by atoms with Crippen LogP contribution in [-0.2, 0) is 4.74 Å². The molecule has 0 heterocycles. The number of benzene rings is 4. The molecule has 152 valence electrons. The van der Waals surface area contributed by atoms with Crippen molar-refractivity contribution in [1.82, 2.24) is 0 Å². The van der Waals surface area contributed by atoms with Crippen LogP contribution in [0.4, 0.5) is 5.69 Å². The zero-order chi connectivity index (χ0) is 21.6. The van der Waals surface area contributed by atoms with Gasteiger partial charge in [-0.3, -0.25) is 9.59 Å². The highest BCUT2D eigenvalue weighted by Crippen LogP contribution is 2.19. The molecule has 0 unspecified atom stereocenters. The molecule has 4 rings (SSSR count). The summed E-state index contributed by atoms with van der Waals surface area (Å²) < 4.78 is 5.24. The van der Waals surface area contributed by atoms with Crippen LogP contribution in [0.1, 0.15) is 31.1 Å². The van der Waals surface area contributed by atoms with Crippen LogP contribution in [0.2, 0.25) is 0 Å². The number of ketones is 1. The first-order chi connectivity index (χ1) is 15.1. The Labute approximate surface area is 179 Å². The largest absolute Gasteiger partial charge is 0.454 e. The minimum absolute atomic E-state index is 0.179. The molecule has 31 heavy (non-hydrogen) atoms. The van der Waals surface area contributed by atoms with Gasteiger partial charge in [-0.05, 0) is 41.1 Å². The highest BCUT2D eigenvalue weighted by molar-refractivity contribution is 6.08. The van der Waals surface area contributed by atoms with E-state index in [4.69, 9.17) is 4.74 Å². The summed E-state index contributed by atoms with van der Waals surface area (Å²) in [6.45, 7) is -0.391. The highest BCUT2D eigenvalue weighted by atomic mass is 16.5. The van der Waals surface area contributed by atoms with Gasteiger partial charge in [-0.25, -0.2) is 4.79 Å². The molecular weight excluding hydrogens is 390 g/mol. The number of esters is 1. The van der Waals surface area contributed by atoms with Gasteiger partial charge in [-0.15, -0.1) is 0 Å². The number of hydrogen-bond donors (Lipinski definition) is 1. The summed E-state index contributed by atoms with van der Waals surface area (Å²) in [4.78, 5) is 37.6. The van der Waals surface area contributed by atoms with E-state index in [1.165, 1.54) is 0 Å². The summed E-state index contributed by atoms with van der Waals surface area (Å²) in [7, 11) is 0. The van der Waals surface area contributed by atoms with Gasteiger partial charge in [0, 0.05) is 11.1 Å². The first-order valence-electron chi connectivity index (χ1n) is 9.76. The Kier molecular flexibility index (Phi) is 5.85. The van der Waals surface area contributed by atoms with Gasteiger partial charge >= 0.3 is 5.97 Å². The van der Waals surface area contributed by atoms with Crippen LogP contribution in [0.15, 0.2) is 97.1 Å². The van der Waals surface area contributed by atoms with E-state index in [2.05, 4.69) is 5.32 Å². The molecule has 5 nitrogen and oxygen atoms in total. The molecule has 0 aliphatic carbocycles. The molecule has 1 amide bonds. The maximum atomic E-state index is 12.6. The fourth-order valence-electron chi connectivity index (χ4n) is 3.21. The van der Waals surface area contributed by atoms with Gasteiger partial charge in [0.05, 0.1) is 11.3 Å². The fourth-order valence-corrected chi connectivity index (χ4v) is 3.21. The minimum Gasteiger partial charge on any atom is -0.454 e. The van der Waals surface area contributed by atoms with Crippen LogP contribution in [0, 0.1) is 0 Å². The van der Waals surface area contributed by atoms with Gasteiger partial charge in [0.25, 0.3) is 5.91 Å². The molecule has 0 radical (unpaired) electrons. The molecule has 0 aromatic heterocycles. The number of para-hydroxylation sites is 1. The average molecular weight is 409 g/mol. The van der Waals surface area contributed by atoms with Gasteiger partial charge in [0.2, 0.25) is 0 Å². The number of anilines is 1. The average Bonchev–Trinajstić information content (AvgIpc) is 2.83. The molecule has 1 N–H and O–H groups in total. The molecule has 0 bridgehead atoms. The molecule has 5 heteroatoms. The topological polar surface area (TPSA) is 72.5 Å². The van der Waals surface area contributed by atoms with Crippen molar-refractivity contribution in [2.75, 3.05) is 11.9 Å². The summed E-state index contributed by atoms with van der Waals surface area (Å²) in [6.07, 6.45) is 0. The Morgan fingerprint density at radius 3 is 2.16 bits per heavy atom. The lowest BCUT2D eigenvalue weighted by atomic mass is 10.0. The standard InChI is InChI=1S/C26H19NO4/c28-24(21-15-14-18-8-4-5-11-20(18)16-21)17-31-26(30)22-12-6-7-13-23(22)27-25(29)19-9-2-1-3-10-19/h1-16H,17H2,(H,27,29). The van der Waals surface area contributed by atoms with Crippen molar-refractivity contribution in [1.29, 1.82) is 0 Å². The number of fused-ring (bicyclic) bond motifs is 1. The van der Waals surface area contributed by atoms with Gasteiger partial charge in [0.15, 0.2) is 12.4 Å². The van der Waals surface area contributed by atoms with E-state index < -0.39 is 12.6 Å². The van der Waals surface area contributed by atoms with Crippen LogP contribution in [0.3, 0.4) is 0 Å². The predicted molar refractivity (Wildman–Crippen MR) is 119 cm³/mol. The molecule has 4 aromatic rings. The molecule has 0 saturated heterocycles. The maximum absolute atomic E-state index is 12.6. The van der Waals surface area contributed by atoms with Crippen molar-refractivity contribution in [3.8, 4) is 0 Å². The van der Waals surface area contributed by atoms with E-state index in [-0.39, 0.29) is 17.3 Å². The minimum atomic E-state index is -0.682. The highest BCUT2D eigenvalue weighted by Gasteiger charge is 2.17. The second-order valence-corrected chi connectivity index (χ2v) is 6.93. The molecule has 0 spiro atoms. The third-order valence-corrected chi connectivity index (χ3v) is 4.84. The zero-order valence-electron chi connectivity index (χ0n) is 16.6. The van der Waals surface area contributed by atoms with Crippen LogP contribution in [0.5, 0.6) is 0 Å². The first-order valence-corrected chi connectivity index (χ1v) is 9.76. The summed E-state index contributed by atoms with van der Waals surface area (Å²) in [6, 6.07) is 28.3. The normalized spacial score (nSPS) is 10.5. The second kappa shape index (κ2) is 9.05. The third-order valence-electron chi connectivity index (χ3n) is 4.84. The molecule has 4 aromatic carbocycles. The third kappa shape index (κ3) is 4.67. The monoisotopic (exact) mass is 409 g/mol. The number of carbonyl (C=O) groups excluding carboxylic acids is 3. The summed E-state index contributed by atoms with van der Waals surface area (Å²) >= 11 is 0. The van der Waals surface area contributed by atoms with Crippen molar-refractivity contribution in [2.24, 2.45) is 0 Å². The van der Waals surface area contributed by atoms with Crippen molar-refractivity contribution in [3.63, 3.8) is 0 Å². The number of carbonyl (C=O) groups is 3. The first kappa shape index (κ1) is 20.0. The van der Waals surface area contributed by atoms with E-state index in [1.807, 2.05) is 36.4 Å². The van der Waals surface area contributed by atoms with Gasteiger partial charge < -0.3 is 10.1 Å². The summed E-state index contributed by atoms with van der Waals surface area (Å²) in [5, 5.41) is 4.69. The van der Waals surface area contributed by atoms with Gasteiger partial charge in [0.1, 0.15) is 0 Å². The lowest BCUT2D eigenvalue weighted by Crippen LogP contribution is -2.18. The Hall–Kier alpha value is -4.25. The fraction of sp³-hybridized carbons (Fsp3) is 0.0385. The number of amides is 1. The van der Waals surface area contributed by atoms with Crippen LogP contribution in [-0.4, -0.2) is 24.3 Å². The van der Waals surface area contributed by atoms with E-state index in [0.717, 1.165) is 10.8 Å². The van der Waals surface area contributed by atoms with Crippen molar-refractivity contribution >= 4 is 34.1 Å². The lowest BCUT2D eigenvalue weighted by molar-refractivity contribution is 0.0476. The van der Waals surface area contributed by atoms with Crippen LogP contribution >= 0.6 is 0 Å². The lowest BCUT2D eigenvalue weighted by Gasteiger charge is -2.11. The van der Waals surface area contributed by atoms with E-state index in [9.17, 15) is 14.4 Å². The summed E-state index contributed by atoms with van der Waals surface area (Å²) in [5.41, 5.74) is 1.44. The SMILES string of the molecule is O=C(COC(=O)c1ccccc1NC(=O)c1ccccc1)c1ccc2ccccc2c1. The molecule has 0 fully saturated rings. The quantitative estimate of drug-likeness (QED) is 0.354. The summed E-state index contributed by atoms with van der Waals surface area (Å²) in [5.74, 6) is -1.32. The smallest absolute Gasteiger partial charge is 0.340 e. The Bertz CT molecular complexity index is 1260. The Morgan fingerprint density at radius 2 is 1.35 bits per heavy atom. The second-order valence-electron chi connectivity index (χ2n) is 6.93. The Morgan fingerprint density at radius 1 is 0.677 bits per heavy atom. The molecule has 0 aliphatic rings. The Balaban J connectivity index is 1.45. The van der Waals surface area contributed by atoms with Crippen molar-refractivity contribution in [3.05, 3.63) is 114 Å². The van der Waals surface area contributed by atoms with Crippen molar-refractivity contribution < 1.29 is 19.1 Å². The molecule has 0 atom stereocenters. The predicted octanol–water partition coefficient (Wildman–Crippen LogP) is 5.13. The number of Topliss-reactive ketones (excluding diaryl/α,β-unsaturated/α-hetero) is 1.